The van der Waals surface area contributed by atoms with Gasteiger partial charge in [-0.1, -0.05) is 17.7 Å². The highest BCUT2D eigenvalue weighted by atomic mass is 35.5. The second kappa shape index (κ2) is 6.49. The minimum atomic E-state index is -0.607. The molecule has 0 bridgehead atoms. The fourth-order valence-corrected chi connectivity index (χ4v) is 2.67. The van der Waals surface area contributed by atoms with Crippen molar-refractivity contribution in [2.24, 2.45) is 0 Å². The first-order valence-electron chi connectivity index (χ1n) is 5.82. The summed E-state index contributed by atoms with van der Waals surface area (Å²) in [6.45, 7) is 0.453. The number of carbonyl (C=O) groups excluding carboxylic acids is 1. The highest BCUT2D eigenvalue weighted by Gasteiger charge is 2.19. The van der Waals surface area contributed by atoms with Crippen molar-refractivity contribution in [1.82, 2.24) is 5.32 Å². The lowest BCUT2D eigenvalue weighted by molar-refractivity contribution is -0.384. The van der Waals surface area contributed by atoms with Crippen LogP contribution in [0, 0.1) is 10.1 Å². The normalized spacial score (nSPS) is 10.2. The van der Waals surface area contributed by atoms with Crippen molar-refractivity contribution in [1.29, 1.82) is 0 Å². The third-order valence-corrected chi connectivity index (χ3v) is 3.83. The zero-order valence-corrected chi connectivity index (χ0v) is 11.9. The third kappa shape index (κ3) is 3.34. The van der Waals surface area contributed by atoms with Gasteiger partial charge in [0.2, 0.25) is 0 Å². The standard InChI is InChI=1S/C13H11ClN2O3S/c14-12-10(2-1-3-11(12)16(18)19)13(17)15-6-4-9-5-7-20-8-9/h1-3,5,7-8H,4,6H2,(H,15,17). The van der Waals surface area contributed by atoms with Crippen LogP contribution in [0.2, 0.25) is 5.02 Å². The quantitative estimate of drug-likeness (QED) is 0.680. The first-order valence-corrected chi connectivity index (χ1v) is 7.14. The number of rotatable bonds is 5. The molecule has 0 unspecified atom stereocenters. The molecule has 0 spiro atoms. The van der Waals surface area contributed by atoms with Gasteiger partial charge >= 0.3 is 0 Å². The van der Waals surface area contributed by atoms with Gasteiger partial charge in [0.05, 0.1) is 10.5 Å². The molecule has 1 heterocycles. The average molecular weight is 311 g/mol. The SMILES string of the molecule is O=C(NCCc1ccsc1)c1cccc([N+](=O)[O-])c1Cl. The highest BCUT2D eigenvalue weighted by Crippen LogP contribution is 2.27. The molecule has 0 aliphatic rings. The highest BCUT2D eigenvalue weighted by molar-refractivity contribution is 7.07. The number of nitro groups is 1. The molecular weight excluding hydrogens is 300 g/mol. The van der Waals surface area contributed by atoms with Crippen molar-refractivity contribution in [3.05, 3.63) is 61.3 Å². The number of hydrogen-bond donors (Lipinski definition) is 1. The van der Waals surface area contributed by atoms with E-state index in [-0.39, 0.29) is 16.3 Å². The van der Waals surface area contributed by atoms with E-state index in [1.54, 1.807) is 11.3 Å². The smallest absolute Gasteiger partial charge is 0.288 e. The van der Waals surface area contributed by atoms with Crippen molar-refractivity contribution in [2.45, 2.75) is 6.42 Å². The monoisotopic (exact) mass is 310 g/mol. The van der Waals surface area contributed by atoms with E-state index < -0.39 is 10.8 Å². The molecule has 0 aliphatic carbocycles. The molecule has 1 N–H and O–H groups in total. The Morgan fingerprint density at radius 3 is 2.85 bits per heavy atom. The minimum absolute atomic E-state index is 0.117. The predicted molar refractivity (Wildman–Crippen MR) is 78.5 cm³/mol. The van der Waals surface area contributed by atoms with Crippen LogP contribution in [-0.2, 0) is 6.42 Å². The Morgan fingerprint density at radius 1 is 1.40 bits per heavy atom. The number of hydrogen-bond acceptors (Lipinski definition) is 4. The number of benzene rings is 1. The van der Waals surface area contributed by atoms with Crippen LogP contribution in [0.1, 0.15) is 15.9 Å². The van der Waals surface area contributed by atoms with Gasteiger partial charge in [0.1, 0.15) is 5.02 Å². The molecule has 5 nitrogen and oxygen atoms in total. The van der Waals surface area contributed by atoms with Crippen LogP contribution >= 0.6 is 22.9 Å². The van der Waals surface area contributed by atoms with E-state index in [0.717, 1.165) is 5.56 Å². The van der Waals surface area contributed by atoms with E-state index in [0.29, 0.717) is 13.0 Å². The van der Waals surface area contributed by atoms with Gasteiger partial charge in [-0.3, -0.25) is 14.9 Å². The van der Waals surface area contributed by atoms with Gasteiger partial charge in [-0.15, -0.1) is 0 Å². The Balaban J connectivity index is 2.02. The molecule has 1 aromatic heterocycles. The van der Waals surface area contributed by atoms with Crippen LogP contribution in [-0.4, -0.2) is 17.4 Å². The Hall–Kier alpha value is -1.92. The van der Waals surface area contributed by atoms with Crippen LogP contribution in [0.4, 0.5) is 5.69 Å². The topological polar surface area (TPSA) is 72.2 Å². The van der Waals surface area contributed by atoms with Gasteiger partial charge in [0, 0.05) is 12.6 Å². The zero-order valence-electron chi connectivity index (χ0n) is 10.3. The third-order valence-electron chi connectivity index (χ3n) is 2.70. The van der Waals surface area contributed by atoms with Gasteiger partial charge in [-0.2, -0.15) is 11.3 Å². The molecule has 7 heteroatoms. The van der Waals surface area contributed by atoms with Crippen LogP contribution in [0.5, 0.6) is 0 Å². The molecule has 2 aromatic rings. The lowest BCUT2D eigenvalue weighted by atomic mass is 10.2. The van der Waals surface area contributed by atoms with Crippen molar-refractivity contribution in [2.75, 3.05) is 6.54 Å². The summed E-state index contributed by atoms with van der Waals surface area (Å²) in [6, 6.07) is 6.16. The molecule has 104 valence electrons. The van der Waals surface area contributed by atoms with Crippen molar-refractivity contribution < 1.29 is 9.72 Å². The van der Waals surface area contributed by atoms with Crippen LogP contribution in [0.15, 0.2) is 35.0 Å². The van der Waals surface area contributed by atoms with Crippen molar-refractivity contribution >= 4 is 34.5 Å². The molecule has 0 saturated carbocycles. The van der Waals surface area contributed by atoms with Gasteiger partial charge in [0.15, 0.2) is 0 Å². The summed E-state index contributed by atoms with van der Waals surface area (Å²) in [5.41, 5.74) is 0.990. The van der Waals surface area contributed by atoms with E-state index in [4.69, 9.17) is 11.6 Å². The molecule has 0 aliphatic heterocycles. The number of nitrogens with zero attached hydrogens (tertiary/aromatic N) is 1. The van der Waals surface area contributed by atoms with E-state index in [9.17, 15) is 14.9 Å². The summed E-state index contributed by atoms with van der Waals surface area (Å²) in [6.07, 6.45) is 0.710. The number of carbonyl (C=O) groups is 1. The molecule has 0 radical (unpaired) electrons. The minimum Gasteiger partial charge on any atom is -0.352 e. The summed E-state index contributed by atoms with van der Waals surface area (Å²) < 4.78 is 0. The summed E-state index contributed by atoms with van der Waals surface area (Å²) in [7, 11) is 0. The van der Waals surface area contributed by atoms with Crippen LogP contribution in [0.3, 0.4) is 0 Å². The second-order valence-corrected chi connectivity index (χ2v) is 5.19. The summed E-state index contributed by atoms with van der Waals surface area (Å²) in [4.78, 5) is 22.1. The maximum absolute atomic E-state index is 12.0. The largest absolute Gasteiger partial charge is 0.352 e. The maximum atomic E-state index is 12.0. The lowest BCUT2D eigenvalue weighted by Gasteiger charge is -2.06. The number of nitro benzene ring substituents is 1. The molecule has 2 rings (SSSR count). The maximum Gasteiger partial charge on any atom is 0.288 e. The predicted octanol–water partition coefficient (Wildman–Crippen LogP) is 3.28. The number of amides is 1. The molecule has 20 heavy (non-hydrogen) atoms. The van der Waals surface area contributed by atoms with Gasteiger partial charge in [0.25, 0.3) is 11.6 Å². The Bertz CT molecular complexity index is 629. The molecular formula is C13H11ClN2O3S. The number of thiophene rings is 1. The van der Waals surface area contributed by atoms with Gasteiger partial charge in [-0.25, -0.2) is 0 Å². The first kappa shape index (κ1) is 14.5. The van der Waals surface area contributed by atoms with E-state index in [1.165, 1.54) is 18.2 Å². The Labute approximate surface area is 124 Å². The molecule has 1 aromatic carbocycles. The van der Waals surface area contributed by atoms with Gasteiger partial charge < -0.3 is 5.32 Å². The fraction of sp³-hybridized carbons (Fsp3) is 0.154. The van der Waals surface area contributed by atoms with Gasteiger partial charge in [-0.05, 0) is 34.9 Å². The fourth-order valence-electron chi connectivity index (χ4n) is 1.69. The Morgan fingerprint density at radius 2 is 2.20 bits per heavy atom. The first-order chi connectivity index (χ1) is 9.59. The molecule has 0 atom stereocenters. The average Bonchev–Trinajstić information content (AvgIpc) is 2.91. The summed E-state index contributed by atoms with van der Waals surface area (Å²) >= 11 is 7.47. The summed E-state index contributed by atoms with van der Waals surface area (Å²) in [5.74, 6) is -0.408. The number of halogens is 1. The van der Waals surface area contributed by atoms with Crippen LogP contribution in [0.25, 0.3) is 0 Å². The molecule has 0 fully saturated rings. The van der Waals surface area contributed by atoms with E-state index >= 15 is 0 Å². The second-order valence-electron chi connectivity index (χ2n) is 4.03. The molecule has 0 saturated heterocycles. The lowest BCUT2D eigenvalue weighted by Crippen LogP contribution is -2.26. The van der Waals surface area contributed by atoms with Crippen molar-refractivity contribution in [3.63, 3.8) is 0 Å². The zero-order chi connectivity index (χ0) is 14.5. The number of nitrogens with one attached hydrogen (secondary N) is 1. The van der Waals surface area contributed by atoms with E-state index in [1.807, 2.05) is 16.8 Å². The Kier molecular flexibility index (Phi) is 4.70. The molecule has 1 amide bonds. The van der Waals surface area contributed by atoms with E-state index in [2.05, 4.69) is 5.32 Å². The summed E-state index contributed by atoms with van der Waals surface area (Å²) in [5, 5.41) is 17.3. The van der Waals surface area contributed by atoms with Crippen LogP contribution < -0.4 is 5.32 Å². The van der Waals surface area contributed by atoms with Crippen molar-refractivity contribution in [3.8, 4) is 0 Å².